The second-order valence-corrected chi connectivity index (χ2v) is 11.1. The minimum atomic E-state index is -1.01. The van der Waals surface area contributed by atoms with E-state index in [1.165, 1.54) is 24.2 Å². The van der Waals surface area contributed by atoms with Crippen molar-refractivity contribution in [3.8, 4) is 0 Å². The molecule has 1 saturated heterocycles. The minimum absolute atomic E-state index is 0.0737. The second-order valence-electron chi connectivity index (χ2n) is 11.1. The molecule has 0 spiro atoms. The normalized spacial score (nSPS) is 21.2. The van der Waals surface area contributed by atoms with E-state index in [1.54, 1.807) is 14.2 Å². The molecule has 3 atom stereocenters. The number of likely N-dealkylation sites (tertiary alicyclic amines) is 1. The molecule has 37 heavy (non-hydrogen) atoms. The molecule has 0 radical (unpaired) electrons. The topological polar surface area (TPSA) is 102 Å². The summed E-state index contributed by atoms with van der Waals surface area (Å²) in [6.45, 7) is 2.06. The first-order valence-corrected chi connectivity index (χ1v) is 14.1. The highest BCUT2D eigenvalue weighted by atomic mass is 16.5. The van der Waals surface area contributed by atoms with Crippen LogP contribution in [0.2, 0.25) is 0 Å². The molecule has 8 heteroatoms. The van der Waals surface area contributed by atoms with Crippen LogP contribution in [-0.2, 0) is 10.3 Å². The Kier molecular flexibility index (Phi) is 11.5. The van der Waals surface area contributed by atoms with Crippen LogP contribution in [0.4, 0.5) is 9.59 Å². The first-order valence-electron chi connectivity index (χ1n) is 14.1. The number of nitrogens with zero attached hydrogens (tertiary/aromatic N) is 2. The van der Waals surface area contributed by atoms with E-state index in [-0.39, 0.29) is 24.5 Å². The van der Waals surface area contributed by atoms with Gasteiger partial charge < -0.3 is 30.1 Å². The number of likely N-dealkylation sites (N-methyl/N-ethyl adjacent to an activating group) is 1. The highest BCUT2D eigenvalue weighted by Crippen LogP contribution is 2.39. The SMILES string of the molecule is COCCCC[C@@](O)(c1ccccc1)[C@@H]1CCCN(C(=O)N[C@H](CC2CCCCC2)CN(C)C(=O)O)C1. The molecule has 8 nitrogen and oxygen atoms in total. The van der Waals surface area contributed by atoms with Gasteiger partial charge in [-0.2, -0.15) is 0 Å². The lowest BCUT2D eigenvalue weighted by atomic mass is 9.74. The molecule has 1 aromatic rings. The fourth-order valence-electron chi connectivity index (χ4n) is 6.18. The van der Waals surface area contributed by atoms with Gasteiger partial charge in [-0.3, -0.25) is 0 Å². The van der Waals surface area contributed by atoms with Crippen LogP contribution >= 0.6 is 0 Å². The van der Waals surface area contributed by atoms with Crippen molar-refractivity contribution in [2.75, 3.05) is 40.4 Å². The zero-order chi connectivity index (χ0) is 26.7. The molecule has 1 aliphatic carbocycles. The summed E-state index contributed by atoms with van der Waals surface area (Å²) in [5, 5.41) is 24.6. The number of unbranched alkanes of at least 4 members (excludes halogenated alkanes) is 1. The fourth-order valence-corrected chi connectivity index (χ4v) is 6.18. The Balaban J connectivity index is 1.69. The van der Waals surface area contributed by atoms with E-state index in [0.717, 1.165) is 50.5 Å². The van der Waals surface area contributed by atoms with Crippen LogP contribution < -0.4 is 5.32 Å². The lowest BCUT2D eigenvalue weighted by molar-refractivity contribution is -0.0564. The van der Waals surface area contributed by atoms with E-state index in [4.69, 9.17) is 4.74 Å². The molecule has 208 valence electrons. The Morgan fingerprint density at radius 1 is 1.14 bits per heavy atom. The third kappa shape index (κ3) is 8.60. The first kappa shape index (κ1) is 29.2. The van der Waals surface area contributed by atoms with Crippen LogP contribution in [0.5, 0.6) is 0 Å². The molecule has 1 aliphatic heterocycles. The van der Waals surface area contributed by atoms with Gasteiger partial charge >= 0.3 is 12.1 Å². The van der Waals surface area contributed by atoms with Crippen molar-refractivity contribution in [1.82, 2.24) is 15.1 Å². The van der Waals surface area contributed by atoms with Gasteiger partial charge in [-0.1, -0.05) is 62.4 Å². The number of amides is 3. The average molecular weight is 518 g/mol. The van der Waals surface area contributed by atoms with Gasteiger partial charge in [0.05, 0.1) is 5.60 Å². The maximum Gasteiger partial charge on any atom is 0.407 e. The van der Waals surface area contributed by atoms with Gasteiger partial charge in [-0.15, -0.1) is 0 Å². The number of piperidine rings is 1. The molecule has 1 saturated carbocycles. The van der Waals surface area contributed by atoms with Crippen molar-refractivity contribution in [3.05, 3.63) is 35.9 Å². The molecule has 3 amide bonds. The Labute approximate surface area is 222 Å². The standard InChI is InChI=1S/C29H47N3O5/c1-31(28(34)35)22-26(20-23-12-5-3-6-13-23)30-27(33)32-18-11-16-25(21-32)29(36,17-9-10-19-37-2)24-14-7-4-8-15-24/h4,7-8,14-15,23,25-26,36H,3,5-6,9-13,16-22H2,1-2H3,(H,30,33)(H,34,35)/t25-,26-,29-/m1/s1. The largest absolute Gasteiger partial charge is 0.465 e. The van der Waals surface area contributed by atoms with E-state index in [9.17, 15) is 19.8 Å². The summed E-state index contributed by atoms with van der Waals surface area (Å²) < 4.78 is 5.21. The molecule has 3 N–H and O–H groups in total. The Morgan fingerprint density at radius 3 is 2.54 bits per heavy atom. The Morgan fingerprint density at radius 2 is 1.86 bits per heavy atom. The van der Waals surface area contributed by atoms with Crippen molar-refractivity contribution >= 4 is 12.1 Å². The van der Waals surface area contributed by atoms with Crippen LogP contribution in [0.1, 0.15) is 76.2 Å². The molecular weight excluding hydrogens is 470 g/mol. The Hall–Kier alpha value is -2.32. The van der Waals surface area contributed by atoms with Gasteiger partial charge in [-0.05, 0) is 50.0 Å². The predicted octanol–water partition coefficient (Wildman–Crippen LogP) is 5.06. The number of carboxylic acid groups (broad SMARTS) is 1. The van der Waals surface area contributed by atoms with E-state index >= 15 is 0 Å². The van der Waals surface area contributed by atoms with E-state index in [0.29, 0.717) is 32.0 Å². The number of methoxy groups -OCH3 is 1. The monoisotopic (exact) mass is 517 g/mol. The summed E-state index contributed by atoms with van der Waals surface area (Å²) in [6.07, 6.45) is 9.78. The van der Waals surface area contributed by atoms with Crippen LogP contribution in [-0.4, -0.2) is 78.6 Å². The Bertz CT molecular complexity index is 832. The van der Waals surface area contributed by atoms with Gasteiger partial charge in [0.1, 0.15) is 0 Å². The number of benzene rings is 1. The van der Waals surface area contributed by atoms with Gasteiger partial charge in [0, 0.05) is 52.4 Å². The van der Waals surface area contributed by atoms with E-state index < -0.39 is 11.7 Å². The van der Waals surface area contributed by atoms with Crippen LogP contribution in [0.15, 0.2) is 30.3 Å². The van der Waals surface area contributed by atoms with Gasteiger partial charge in [0.15, 0.2) is 0 Å². The zero-order valence-corrected chi connectivity index (χ0v) is 22.7. The van der Waals surface area contributed by atoms with Crippen molar-refractivity contribution in [3.63, 3.8) is 0 Å². The summed E-state index contributed by atoms with van der Waals surface area (Å²) in [7, 11) is 3.25. The number of hydrogen-bond donors (Lipinski definition) is 3. The number of nitrogens with one attached hydrogen (secondary N) is 1. The molecule has 0 aromatic heterocycles. The third-order valence-electron chi connectivity index (χ3n) is 8.31. The quantitative estimate of drug-likeness (QED) is 0.336. The lowest BCUT2D eigenvalue weighted by Crippen LogP contribution is -2.54. The summed E-state index contributed by atoms with van der Waals surface area (Å²) in [5.74, 6) is 0.445. The fraction of sp³-hybridized carbons (Fsp3) is 0.724. The predicted molar refractivity (Wildman–Crippen MR) is 145 cm³/mol. The number of ether oxygens (including phenoxy) is 1. The number of hydrogen-bond acceptors (Lipinski definition) is 4. The highest BCUT2D eigenvalue weighted by molar-refractivity contribution is 5.75. The first-order chi connectivity index (χ1) is 17.8. The summed E-state index contributed by atoms with van der Waals surface area (Å²) >= 11 is 0. The van der Waals surface area contributed by atoms with Crippen LogP contribution in [0.25, 0.3) is 0 Å². The van der Waals surface area contributed by atoms with Gasteiger partial charge in [-0.25, -0.2) is 9.59 Å². The van der Waals surface area contributed by atoms with Crippen LogP contribution in [0, 0.1) is 11.8 Å². The van der Waals surface area contributed by atoms with Gasteiger partial charge in [0.25, 0.3) is 0 Å². The van der Waals surface area contributed by atoms with Gasteiger partial charge in [0.2, 0.25) is 0 Å². The van der Waals surface area contributed by atoms with Crippen molar-refractivity contribution in [2.24, 2.45) is 11.8 Å². The van der Waals surface area contributed by atoms with E-state index in [2.05, 4.69) is 5.32 Å². The second kappa shape index (κ2) is 14.6. The lowest BCUT2D eigenvalue weighted by Gasteiger charge is -2.43. The zero-order valence-electron chi connectivity index (χ0n) is 22.7. The maximum absolute atomic E-state index is 13.5. The smallest absolute Gasteiger partial charge is 0.407 e. The number of rotatable bonds is 12. The highest BCUT2D eigenvalue weighted by Gasteiger charge is 2.41. The molecule has 0 bridgehead atoms. The molecule has 2 aliphatic rings. The average Bonchev–Trinajstić information content (AvgIpc) is 2.92. The number of urea groups is 1. The number of carbonyl (C=O) groups is 2. The molecule has 1 aromatic carbocycles. The molecule has 1 heterocycles. The molecule has 0 unspecified atom stereocenters. The van der Waals surface area contributed by atoms with Crippen LogP contribution in [0.3, 0.4) is 0 Å². The summed E-state index contributed by atoms with van der Waals surface area (Å²) in [5.41, 5.74) is -0.114. The third-order valence-corrected chi connectivity index (χ3v) is 8.31. The van der Waals surface area contributed by atoms with Crippen molar-refractivity contribution in [2.45, 2.75) is 82.3 Å². The van der Waals surface area contributed by atoms with Crippen molar-refractivity contribution < 1.29 is 24.5 Å². The number of aliphatic hydroxyl groups is 1. The molecule has 3 rings (SSSR count). The minimum Gasteiger partial charge on any atom is -0.465 e. The number of carbonyl (C=O) groups excluding carboxylic acids is 1. The van der Waals surface area contributed by atoms with E-state index in [1.807, 2.05) is 35.2 Å². The van der Waals surface area contributed by atoms with Crippen molar-refractivity contribution in [1.29, 1.82) is 0 Å². The molecule has 2 fully saturated rings. The summed E-state index contributed by atoms with van der Waals surface area (Å²) in [6, 6.07) is 9.46. The summed E-state index contributed by atoms with van der Waals surface area (Å²) in [4.78, 5) is 28.0. The maximum atomic E-state index is 13.5. The molecular formula is C29H47N3O5.